The van der Waals surface area contributed by atoms with Crippen LogP contribution in [0.25, 0.3) is 0 Å². The molecule has 0 aliphatic rings. The van der Waals surface area contributed by atoms with Crippen molar-refractivity contribution in [3.05, 3.63) is 70.2 Å². The van der Waals surface area contributed by atoms with Crippen LogP contribution in [-0.4, -0.2) is 17.0 Å². The van der Waals surface area contributed by atoms with Gasteiger partial charge in [0.15, 0.2) is 5.54 Å². The van der Waals surface area contributed by atoms with Gasteiger partial charge in [-0.1, -0.05) is 52.3 Å². The summed E-state index contributed by atoms with van der Waals surface area (Å²) in [6, 6.07) is 15.4. The number of carboxylic acid groups (broad SMARTS) is 1. The van der Waals surface area contributed by atoms with Crippen molar-refractivity contribution in [3.8, 4) is 0 Å². The van der Waals surface area contributed by atoms with Crippen molar-refractivity contribution in [2.24, 2.45) is 0 Å². The second kappa shape index (κ2) is 6.10. The van der Waals surface area contributed by atoms with Crippen LogP contribution in [0.3, 0.4) is 0 Å². The van der Waals surface area contributed by atoms with Crippen LogP contribution in [0, 0.1) is 0 Å². The van der Waals surface area contributed by atoms with Crippen LogP contribution in [0.1, 0.15) is 22.8 Å². The summed E-state index contributed by atoms with van der Waals surface area (Å²) in [5.41, 5.74) is -0.575. The lowest BCUT2D eigenvalue weighted by atomic mass is 9.91. The first-order valence-corrected chi connectivity index (χ1v) is 7.10. The Morgan fingerprint density at radius 1 is 1.10 bits per heavy atom. The number of hydrogen-bond donors (Lipinski definition) is 2. The Bertz CT molecular complexity index is 672. The topological polar surface area (TPSA) is 66.4 Å². The molecular weight excluding hydrogens is 334 g/mol. The van der Waals surface area contributed by atoms with Gasteiger partial charge >= 0.3 is 5.97 Å². The molecule has 2 N–H and O–H groups in total. The number of carbonyl (C=O) groups is 2. The van der Waals surface area contributed by atoms with E-state index in [1.165, 1.54) is 6.92 Å². The first kappa shape index (κ1) is 15.3. The monoisotopic (exact) mass is 347 g/mol. The van der Waals surface area contributed by atoms with Gasteiger partial charge in [-0.05, 0) is 30.7 Å². The zero-order valence-electron chi connectivity index (χ0n) is 11.3. The number of rotatable bonds is 4. The Labute approximate surface area is 130 Å². The molecule has 0 aliphatic heterocycles. The third kappa shape index (κ3) is 3.31. The van der Waals surface area contributed by atoms with Crippen LogP contribution in [0.4, 0.5) is 0 Å². The van der Waals surface area contributed by atoms with E-state index in [4.69, 9.17) is 0 Å². The molecular formula is C16H14BrNO3. The van der Waals surface area contributed by atoms with Gasteiger partial charge in [-0.15, -0.1) is 0 Å². The summed E-state index contributed by atoms with van der Waals surface area (Å²) in [6.45, 7) is 1.47. The Morgan fingerprint density at radius 3 is 2.33 bits per heavy atom. The van der Waals surface area contributed by atoms with E-state index in [1.807, 2.05) is 0 Å². The molecule has 0 saturated heterocycles. The Kier molecular flexibility index (Phi) is 4.43. The molecule has 21 heavy (non-hydrogen) atoms. The van der Waals surface area contributed by atoms with Gasteiger partial charge in [-0.25, -0.2) is 4.79 Å². The normalized spacial score (nSPS) is 13.2. The van der Waals surface area contributed by atoms with Gasteiger partial charge in [0.25, 0.3) is 5.91 Å². The first-order valence-electron chi connectivity index (χ1n) is 6.30. The summed E-state index contributed by atoms with van der Waals surface area (Å²) in [5.74, 6) is -1.55. The molecule has 1 atom stereocenters. The fourth-order valence-electron chi connectivity index (χ4n) is 1.95. The molecule has 1 amide bonds. The minimum absolute atomic E-state index is 0.396. The quantitative estimate of drug-likeness (QED) is 0.892. The third-order valence-corrected chi connectivity index (χ3v) is 3.72. The highest BCUT2D eigenvalue weighted by Gasteiger charge is 2.36. The lowest BCUT2D eigenvalue weighted by Gasteiger charge is -2.26. The maximum absolute atomic E-state index is 12.3. The molecule has 2 rings (SSSR count). The molecule has 0 aliphatic carbocycles. The molecule has 0 radical (unpaired) electrons. The number of aliphatic carboxylic acids is 1. The van der Waals surface area contributed by atoms with Crippen LogP contribution >= 0.6 is 15.9 Å². The van der Waals surface area contributed by atoms with Gasteiger partial charge < -0.3 is 10.4 Å². The summed E-state index contributed by atoms with van der Waals surface area (Å²) >= 11 is 3.29. The van der Waals surface area contributed by atoms with Gasteiger partial charge in [0, 0.05) is 10.0 Å². The van der Waals surface area contributed by atoms with Gasteiger partial charge in [0.05, 0.1) is 0 Å². The molecule has 0 heterocycles. The highest BCUT2D eigenvalue weighted by Crippen LogP contribution is 2.22. The zero-order chi connectivity index (χ0) is 15.5. The van der Waals surface area contributed by atoms with Crippen LogP contribution in [0.5, 0.6) is 0 Å². The van der Waals surface area contributed by atoms with Crippen molar-refractivity contribution in [3.63, 3.8) is 0 Å². The summed E-state index contributed by atoms with van der Waals surface area (Å²) in [4.78, 5) is 23.9. The minimum Gasteiger partial charge on any atom is -0.479 e. The predicted octanol–water partition coefficient (Wildman–Crippen LogP) is 3.18. The smallest absolute Gasteiger partial charge is 0.333 e. The number of benzene rings is 2. The van der Waals surface area contributed by atoms with Crippen molar-refractivity contribution in [1.29, 1.82) is 0 Å². The van der Waals surface area contributed by atoms with Crippen molar-refractivity contribution >= 4 is 27.8 Å². The van der Waals surface area contributed by atoms with E-state index < -0.39 is 17.4 Å². The lowest BCUT2D eigenvalue weighted by Crippen LogP contribution is -2.49. The van der Waals surface area contributed by atoms with Gasteiger partial charge in [0.1, 0.15) is 0 Å². The molecule has 4 nitrogen and oxygen atoms in total. The summed E-state index contributed by atoms with van der Waals surface area (Å²) < 4.78 is 0.756. The van der Waals surface area contributed by atoms with E-state index in [9.17, 15) is 14.7 Å². The molecule has 2 aromatic rings. The molecule has 0 aromatic heterocycles. The molecule has 0 fully saturated rings. The number of carbonyl (C=O) groups excluding carboxylic acids is 1. The minimum atomic E-state index is -1.49. The second-order valence-electron chi connectivity index (χ2n) is 4.76. The highest BCUT2D eigenvalue weighted by molar-refractivity contribution is 9.10. The third-order valence-electron chi connectivity index (χ3n) is 3.23. The number of carboxylic acids is 1. The second-order valence-corrected chi connectivity index (χ2v) is 5.68. The molecule has 0 bridgehead atoms. The lowest BCUT2D eigenvalue weighted by molar-refractivity contribution is -0.144. The fraction of sp³-hybridized carbons (Fsp3) is 0.125. The fourth-order valence-corrected chi connectivity index (χ4v) is 2.35. The Hall–Kier alpha value is -2.14. The van der Waals surface area contributed by atoms with Gasteiger partial charge in [-0.3, -0.25) is 4.79 Å². The number of amides is 1. The summed E-state index contributed by atoms with van der Waals surface area (Å²) in [6.07, 6.45) is 0. The number of halogens is 1. The van der Waals surface area contributed by atoms with E-state index in [2.05, 4.69) is 21.2 Å². The van der Waals surface area contributed by atoms with Crippen LogP contribution < -0.4 is 5.32 Å². The van der Waals surface area contributed by atoms with Crippen molar-refractivity contribution in [2.75, 3.05) is 0 Å². The standard InChI is InChI=1S/C16H14BrNO3/c1-16(15(20)21,12-7-3-2-4-8-12)18-14(19)11-6-5-9-13(17)10-11/h2-10H,1H3,(H,18,19)(H,20,21). The summed E-state index contributed by atoms with van der Waals surface area (Å²) in [5, 5.41) is 12.1. The van der Waals surface area contributed by atoms with E-state index in [1.54, 1.807) is 54.6 Å². The van der Waals surface area contributed by atoms with Crippen LogP contribution in [0.2, 0.25) is 0 Å². The average Bonchev–Trinajstić information content (AvgIpc) is 2.47. The number of hydrogen-bond acceptors (Lipinski definition) is 2. The largest absolute Gasteiger partial charge is 0.479 e. The Balaban J connectivity index is 2.33. The van der Waals surface area contributed by atoms with Crippen LogP contribution in [-0.2, 0) is 10.3 Å². The van der Waals surface area contributed by atoms with Crippen molar-refractivity contribution < 1.29 is 14.7 Å². The van der Waals surface area contributed by atoms with Crippen LogP contribution in [0.15, 0.2) is 59.1 Å². The molecule has 0 spiro atoms. The van der Waals surface area contributed by atoms with E-state index in [0.717, 1.165) is 4.47 Å². The van der Waals surface area contributed by atoms with Gasteiger partial charge in [-0.2, -0.15) is 0 Å². The summed E-state index contributed by atoms with van der Waals surface area (Å²) in [7, 11) is 0. The predicted molar refractivity (Wildman–Crippen MR) is 83.0 cm³/mol. The van der Waals surface area contributed by atoms with E-state index >= 15 is 0 Å². The first-order chi connectivity index (χ1) is 9.93. The maximum atomic E-state index is 12.3. The van der Waals surface area contributed by atoms with E-state index in [0.29, 0.717) is 11.1 Å². The maximum Gasteiger partial charge on any atom is 0.333 e. The average molecular weight is 348 g/mol. The molecule has 2 aromatic carbocycles. The molecule has 5 heteroatoms. The van der Waals surface area contributed by atoms with Crippen molar-refractivity contribution in [1.82, 2.24) is 5.32 Å². The van der Waals surface area contributed by atoms with Gasteiger partial charge in [0.2, 0.25) is 0 Å². The SMILES string of the molecule is CC(NC(=O)c1cccc(Br)c1)(C(=O)O)c1ccccc1. The molecule has 1 unspecified atom stereocenters. The Morgan fingerprint density at radius 2 is 1.76 bits per heavy atom. The molecule has 0 saturated carbocycles. The molecule has 108 valence electrons. The number of nitrogens with one attached hydrogen (secondary N) is 1. The highest BCUT2D eigenvalue weighted by atomic mass is 79.9. The van der Waals surface area contributed by atoms with E-state index in [-0.39, 0.29) is 0 Å². The zero-order valence-corrected chi connectivity index (χ0v) is 12.9. The van der Waals surface area contributed by atoms with Crippen molar-refractivity contribution in [2.45, 2.75) is 12.5 Å².